The molecule has 1 aliphatic heterocycles. The third-order valence-electron chi connectivity index (χ3n) is 5.82. The maximum Gasteiger partial charge on any atom is 0.226 e. The van der Waals surface area contributed by atoms with Gasteiger partial charge in [-0.25, -0.2) is 26.9 Å². The minimum absolute atomic E-state index is 0.0241. The van der Waals surface area contributed by atoms with E-state index >= 15 is 0 Å². The van der Waals surface area contributed by atoms with Crippen LogP contribution in [0.15, 0.2) is 18.2 Å². The molecule has 0 radical (unpaired) electrons. The highest BCUT2D eigenvalue weighted by atomic mass is 32.2. The van der Waals surface area contributed by atoms with Crippen LogP contribution in [0.25, 0.3) is 11.3 Å². The number of hydrogen-bond donors (Lipinski definition) is 1. The molecule has 2 fully saturated rings. The van der Waals surface area contributed by atoms with Gasteiger partial charge in [0.1, 0.15) is 11.6 Å². The third-order valence-corrected chi connectivity index (χ3v) is 7.69. The minimum atomic E-state index is -3.28. The Kier molecular flexibility index (Phi) is 6.15. The van der Waals surface area contributed by atoms with Crippen molar-refractivity contribution in [2.75, 3.05) is 19.3 Å². The van der Waals surface area contributed by atoms with Gasteiger partial charge in [-0.1, -0.05) is 6.07 Å². The van der Waals surface area contributed by atoms with E-state index in [0.29, 0.717) is 43.1 Å². The van der Waals surface area contributed by atoms with Crippen molar-refractivity contribution in [1.82, 2.24) is 14.6 Å². The number of likely N-dealkylation sites (tertiary alicyclic amines) is 1. The van der Waals surface area contributed by atoms with E-state index in [9.17, 15) is 22.0 Å². The first-order valence-electron chi connectivity index (χ1n) is 10.3. The molecule has 1 aromatic carbocycles. The van der Waals surface area contributed by atoms with Crippen LogP contribution in [-0.4, -0.2) is 49.6 Å². The Bertz CT molecular complexity index is 1080. The second-order valence-electron chi connectivity index (χ2n) is 8.33. The predicted octanol–water partition coefficient (Wildman–Crippen LogP) is 3.43. The van der Waals surface area contributed by atoms with Crippen molar-refractivity contribution in [2.24, 2.45) is 5.92 Å². The van der Waals surface area contributed by atoms with Gasteiger partial charge in [-0.2, -0.15) is 0 Å². The first-order chi connectivity index (χ1) is 14.6. The lowest BCUT2D eigenvalue weighted by atomic mass is 10.1. The molecule has 1 aliphatic carbocycles. The molecule has 1 amide bonds. The number of aromatic nitrogens is 1. The van der Waals surface area contributed by atoms with Crippen LogP contribution in [0.5, 0.6) is 0 Å². The number of sulfonamides is 1. The highest BCUT2D eigenvalue weighted by Gasteiger charge is 2.48. The van der Waals surface area contributed by atoms with Crippen molar-refractivity contribution in [2.45, 2.75) is 44.6 Å². The van der Waals surface area contributed by atoms with E-state index in [1.165, 1.54) is 29.5 Å². The number of nitrogens with zero attached hydrogens (tertiary/aromatic N) is 2. The zero-order valence-electron chi connectivity index (χ0n) is 17.4. The molecular formula is C21H25F2N3O3S2. The number of benzene rings is 1. The molecule has 1 saturated heterocycles. The Balaban J connectivity index is 1.48. The number of halogens is 2. The summed E-state index contributed by atoms with van der Waals surface area (Å²) in [5.74, 6) is -1.62. The molecule has 1 N–H and O–H groups in total. The van der Waals surface area contributed by atoms with Crippen LogP contribution in [-0.2, 0) is 14.8 Å². The molecule has 2 heterocycles. The lowest BCUT2D eigenvalue weighted by Gasteiger charge is -2.21. The Hall–Kier alpha value is -1.91. The van der Waals surface area contributed by atoms with Crippen LogP contribution in [0.1, 0.15) is 41.5 Å². The van der Waals surface area contributed by atoms with E-state index in [4.69, 9.17) is 0 Å². The average molecular weight is 470 g/mol. The summed E-state index contributed by atoms with van der Waals surface area (Å²) in [6.07, 6.45) is 3.76. The van der Waals surface area contributed by atoms with Crippen LogP contribution in [0.4, 0.5) is 8.78 Å². The summed E-state index contributed by atoms with van der Waals surface area (Å²) in [5, 5.41) is 0.704. The van der Waals surface area contributed by atoms with E-state index in [-0.39, 0.29) is 29.3 Å². The van der Waals surface area contributed by atoms with Gasteiger partial charge >= 0.3 is 0 Å². The summed E-state index contributed by atoms with van der Waals surface area (Å²) in [5.41, 5.74) is 0.163. The number of aryl methyl sites for hydroxylation is 1. The molecule has 168 valence electrons. The lowest BCUT2D eigenvalue weighted by molar-refractivity contribution is -0.132. The highest BCUT2D eigenvalue weighted by molar-refractivity contribution is 7.88. The third kappa shape index (κ3) is 4.96. The second kappa shape index (κ2) is 8.55. The Morgan fingerprint density at radius 3 is 2.61 bits per heavy atom. The predicted molar refractivity (Wildman–Crippen MR) is 115 cm³/mol. The zero-order chi connectivity index (χ0) is 22.3. The van der Waals surface area contributed by atoms with Gasteiger partial charge in [0.2, 0.25) is 15.9 Å². The molecule has 3 atom stereocenters. The molecule has 1 saturated carbocycles. The summed E-state index contributed by atoms with van der Waals surface area (Å²) in [7, 11) is -3.28. The fourth-order valence-corrected chi connectivity index (χ4v) is 6.28. The molecule has 2 aromatic rings. The first-order valence-corrected chi connectivity index (χ1v) is 13.0. The van der Waals surface area contributed by atoms with Crippen molar-refractivity contribution >= 4 is 27.3 Å². The molecule has 0 spiro atoms. The Labute approximate surface area is 184 Å². The van der Waals surface area contributed by atoms with E-state index in [2.05, 4.69) is 9.71 Å². The molecule has 2 aliphatic rings. The van der Waals surface area contributed by atoms with Crippen LogP contribution in [0, 0.1) is 24.5 Å². The van der Waals surface area contributed by atoms with Crippen LogP contribution in [0.3, 0.4) is 0 Å². The fraction of sp³-hybridized carbons (Fsp3) is 0.524. The molecule has 6 nitrogen and oxygen atoms in total. The van der Waals surface area contributed by atoms with E-state index in [0.717, 1.165) is 17.6 Å². The number of nitrogens with one attached hydrogen (secondary N) is 1. The van der Waals surface area contributed by atoms with Gasteiger partial charge in [0, 0.05) is 35.8 Å². The van der Waals surface area contributed by atoms with Crippen LogP contribution < -0.4 is 4.72 Å². The molecule has 31 heavy (non-hydrogen) atoms. The minimum Gasteiger partial charge on any atom is -0.342 e. The molecule has 4 rings (SSSR count). The van der Waals surface area contributed by atoms with Gasteiger partial charge in [0.25, 0.3) is 0 Å². The van der Waals surface area contributed by atoms with Crippen molar-refractivity contribution < 1.29 is 22.0 Å². The molecule has 10 heteroatoms. The standard InChI is InChI=1S/C21H25F2N3O3S2/c1-12-24-19(18-16(22)6-3-7-17(18)23)20(30-12)14-11-15(14)21(27)26-9-4-5-13(8-10-26)25-31(2,28)29/h3,6-7,13-15,25H,4-5,8-11H2,1-2H3/t13-,14-,15-/m1/s1. The molecule has 1 aromatic heterocycles. The number of carbonyl (C=O) groups excluding carboxylic acids is 1. The maximum atomic E-state index is 14.4. The van der Waals surface area contributed by atoms with Crippen molar-refractivity contribution in [3.05, 3.63) is 39.7 Å². The fourth-order valence-electron chi connectivity index (χ4n) is 4.33. The number of thiazole rings is 1. The average Bonchev–Trinajstić information content (AvgIpc) is 3.42. The van der Waals surface area contributed by atoms with Gasteiger partial charge in [-0.15, -0.1) is 11.3 Å². The van der Waals surface area contributed by atoms with Gasteiger partial charge in [-0.05, 0) is 44.7 Å². The summed E-state index contributed by atoms with van der Waals surface area (Å²) in [6, 6.07) is 3.58. The van der Waals surface area contributed by atoms with Gasteiger partial charge in [-0.3, -0.25) is 4.79 Å². The number of hydrogen-bond acceptors (Lipinski definition) is 5. The largest absolute Gasteiger partial charge is 0.342 e. The number of rotatable bonds is 5. The van der Waals surface area contributed by atoms with Crippen LogP contribution in [0.2, 0.25) is 0 Å². The van der Waals surface area contributed by atoms with Crippen LogP contribution >= 0.6 is 11.3 Å². The summed E-state index contributed by atoms with van der Waals surface area (Å²) >= 11 is 1.38. The molecular weight excluding hydrogens is 444 g/mol. The van der Waals surface area contributed by atoms with Crippen molar-refractivity contribution in [3.8, 4) is 11.3 Å². The van der Waals surface area contributed by atoms with E-state index in [1.807, 2.05) is 0 Å². The zero-order valence-corrected chi connectivity index (χ0v) is 19.0. The molecule has 0 bridgehead atoms. The Morgan fingerprint density at radius 1 is 1.23 bits per heavy atom. The monoisotopic (exact) mass is 469 g/mol. The summed E-state index contributed by atoms with van der Waals surface area (Å²) in [4.78, 5) is 20.0. The van der Waals surface area contributed by atoms with Gasteiger partial charge < -0.3 is 4.90 Å². The normalized spacial score (nSPS) is 24.1. The molecule has 0 unspecified atom stereocenters. The lowest BCUT2D eigenvalue weighted by Crippen LogP contribution is -2.36. The maximum absolute atomic E-state index is 14.4. The van der Waals surface area contributed by atoms with Gasteiger partial charge in [0.05, 0.1) is 22.5 Å². The number of carbonyl (C=O) groups is 1. The summed E-state index contributed by atoms with van der Waals surface area (Å²) in [6.45, 7) is 2.87. The van der Waals surface area contributed by atoms with E-state index < -0.39 is 21.7 Å². The highest BCUT2D eigenvalue weighted by Crippen LogP contribution is 2.53. The second-order valence-corrected chi connectivity index (χ2v) is 11.3. The topological polar surface area (TPSA) is 79.4 Å². The Morgan fingerprint density at radius 2 is 1.94 bits per heavy atom. The quantitative estimate of drug-likeness (QED) is 0.728. The SMILES string of the molecule is Cc1nc(-c2c(F)cccc2F)c([C@@H]2C[C@H]2C(=O)N2CCC[C@@H](NS(C)(=O)=O)CC2)s1. The number of amides is 1. The van der Waals surface area contributed by atoms with Crippen molar-refractivity contribution in [1.29, 1.82) is 0 Å². The van der Waals surface area contributed by atoms with Crippen molar-refractivity contribution in [3.63, 3.8) is 0 Å². The smallest absolute Gasteiger partial charge is 0.226 e. The van der Waals surface area contributed by atoms with Gasteiger partial charge in [0.15, 0.2) is 0 Å². The first kappa shape index (κ1) is 22.3. The summed E-state index contributed by atoms with van der Waals surface area (Å²) < 4.78 is 54.3. The van der Waals surface area contributed by atoms with E-state index in [1.54, 1.807) is 11.8 Å².